The van der Waals surface area contributed by atoms with Crippen LogP contribution in [0.2, 0.25) is 0 Å². The molecule has 1 aliphatic carbocycles. The van der Waals surface area contributed by atoms with Gasteiger partial charge < -0.3 is 5.32 Å². The van der Waals surface area contributed by atoms with E-state index in [0.717, 1.165) is 17.9 Å². The lowest BCUT2D eigenvalue weighted by molar-refractivity contribution is 0.0859. The Hall–Kier alpha value is -0.0800. The quantitative estimate of drug-likeness (QED) is 0.843. The van der Waals surface area contributed by atoms with Crippen LogP contribution in [0.1, 0.15) is 66.2 Å². The summed E-state index contributed by atoms with van der Waals surface area (Å²) in [4.78, 5) is 2.82. The summed E-state index contributed by atoms with van der Waals surface area (Å²) in [7, 11) is 2.16. The summed E-state index contributed by atoms with van der Waals surface area (Å²) < 4.78 is 0. The van der Waals surface area contributed by atoms with E-state index in [-0.39, 0.29) is 0 Å². The first-order valence-corrected chi connectivity index (χ1v) is 8.84. The Morgan fingerprint density at radius 2 is 1.85 bits per heavy atom. The Labute approximate surface area is 126 Å². The van der Waals surface area contributed by atoms with Crippen LogP contribution in [0.25, 0.3) is 0 Å². The SMILES string of the molecule is CNC1CCC(C(C)C)CC1N1CCCC(C)(C)CC1. The van der Waals surface area contributed by atoms with Crippen LogP contribution in [0.3, 0.4) is 0 Å². The van der Waals surface area contributed by atoms with Gasteiger partial charge in [0.05, 0.1) is 0 Å². The van der Waals surface area contributed by atoms with E-state index >= 15 is 0 Å². The minimum Gasteiger partial charge on any atom is -0.315 e. The minimum absolute atomic E-state index is 0.552. The maximum absolute atomic E-state index is 3.61. The Morgan fingerprint density at radius 3 is 2.50 bits per heavy atom. The second-order valence-corrected chi connectivity index (χ2v) is 8.33. The Bertz CT molecular complexity index is 298. The van der Waals surface area contributed by atoms with Gasteiger partial charge in [-0.15, -0.1) is 0 Å². The molecule has 2 rings (SSSR count). The summed E-state index contributed by atoms with van der Waals surface area (Å²) in [5.74, 6) is 1.78. The maximum Gasteiger partial charge on any atom is 0.0251 e. The van der Waals surface area contributed by atoms with Crippen molar-refractivity contribution >= 4 is 0 Å². The molecule has 118 valence electrons. The van der Waals surface area contributed by atoms with E-state index in [0.29, 0.717) is 11.5 Å². The van der Waals surface area contributed by atoms with Gasteiger partial charge >= 0.3 is 0 Å². The van der Waals surface area contributed by atoms with Crippen LogP contribution in [0.4, 0.5) is 0 Å². The van der Waals surface area contributed by atoms with Crippen molar-refractivity contribution in [3.05, 3.63) is 0 Å². The normalized spacial score (nSPS) is 36.0. The van der Waals surface area contributed by atoms with Crippen LogP contribution in [0.15, 0.2) is 0 Å². The molecule has 0 bridgehead atoms. The molecule has 1 heterocycles. The molecule has 20 heavy (non-hydrogen) atoms. The van der Waals surface area contributed by atoms with Gasteiger partial charge in [0.1, 0.15) is 0 Å². The highest BCUT2D eigenvalue weighted by Crippen LogP contribution is 2.36. The number of hydrogen-bond acceptors (Lipinski definition) is 2. The van der Waals surface area contributed by atoms with Crippen molar-refractivity contribution < 1.29 is 0 Å². The molecule has 2 aliphatic rings. The summed E-state index contributed by atoms with van der Waals surface area (Å²) >= 11 is 0. The molecule has 0 aromatic rings. The van der Waals surface area contributed by atoms with E-state index in [1.54, 1.807) is 0 Å². The fourth-order valence-electron chi connectivity index (χ4n) is 4.30. The third-order valence-corrected chi connectivity index (χ3v) is 6.01. The zero-order valence-corrected chi connectivity index (χ0v) is 14.4. The molecular weight excluding hydrogens is 244 g/mol. The van der Waals surface area contributed by atoms with Crippen LogP contribution in [0, 0.1) is 17.3 Å². The molecule has 1 N–H and O–H groups in total. The molecule has 2 fully saturated rings. The second-order valence-electron chi connectivity index (χ2n) is 8.33. The summed E-state index contributed by atoms with van der Waals surface area (Å²) in [6.07, 6.45) is 8.33. The first-order valence-electron chi connectivity index (χ1n) is 8.84. The Balaban J connectivity index is 2.02. The fourth-order valence-corrected chi connectivity index (χ4v) is 4.30. The van der Waals surface area contributed by atoms with E-state index in [2.05, 4.69) is 45.0 Å². The molecule has 2 nitrogen and oxygen atoms in total. The van der Waals surface area contributed by atoms with E-state index < -0.39 is 0 Å². The smallest absolute Gasteiger partial charge is 0.0251 e. The molecule has 0 amide bonds. The molecule has 1 aliphatic heterocycles. The summed E-state index contributed by atoms with van der Waals surface area (Å²) in [5, 5.41) is 3.61. The van der Waals surface area contributed by atoms with Gasteiger partial charge in [-0.2, -0.15) is 0 Å². The lowest BCUT2D eigenvalue weighted by Gasteiger charge is -2.43. The molecule has 0 spiro atoms. The molecular formula is C18H36N2. The van der Waals surface area contributed by atoms with Gasteiger partial charge in [0, 0.05) is 12.1 Å². The number of nitrogens with one attached hydrogen (secondary N) is 1. The van der Waals surface area contributed by atoms with Gasteiger partial charge in [0.15, 0.2) is 0 Å². The molecule has 1 saturated heterocycles. The highest BCUT2D eigenvalue weighted by atomic mass is 15.2. The molecule has 1 saturated carbocycles. The molecule has 0 aromatic carbocycles. The first-order chi connectivity index (χ1) is 9.43. The van der Waals surface area contributed by atoms with Gasteiger partial charge in [0.2, 0.25) is 0 Å². The topological polar surface area (TPSA) is 15.3 Å². The van der Waals surface area contributed by atoms with Crippen LogP contribution in [0.5, 0.6) is 0 Å². The zero-order valence-electron chi connectivity index (χ0n) is 14.4. The monoisotopic (exact) mass is 280 g/mol. The highest BCUT2D eigenvalue weighted by molar-refractivity contribution is 4.93. The third kappa shape index (κ3) is 3.98. The van der Waals surface area contributed by atoms with E-state index in [1.807, 2.05) is 0 Å². The average molecular weight is 280 g/mol. The molecule has 2 heteroatoms. The summed E-state index contributed by atoms with van der Waals surface area (Å²) in [6, 6.07) is 1.49. The average Bonchev–Trinajstić information content (AvgIpc) is 2.59. The summed E-state index contributed by atoms with van der Waals surface area (Å²) in [5.41, 5.74) is 0.552. The molecule has 0 radical (unpaired) electrons. The standard InChI is InChI=1S/C18H36N2/c1-14(2)15-7-8-16(19-5)17(13-15)20-11-6-9-18(3,4)10-12-20/h14-17,19H,6-13H2,1-5H3. The number of hydrogen-bond donors (Lipinski definition) is 1. The van der Waals surface area contributed by atoms with Crippen molar-refractivity contribution in [2.24, 2.45) is 17.3 Å². The lowest BCUT2D eigenvalue weighted by atomic mass is 9.76. The predicted octanol–water partition coefficient (Wildman–Crippen LogP) is 3.91. The van der Waals surface area contributed by atoms with Crippen molar-refractivity contribution in [3.8, 4) is 0 Å². The van der Waals surface area contributed by atoms with Crippen molar-refractivity contribution in [1.82, 2.24) is 10.2 Å². The zero-order chi connectivity index (χ0) is 14.8. The van der Waals surface area contributed by atoms with Crippen molar-refractivity contribution in [3.63, 3.8) is 0 Å². The second kappa shape index (κ2) is 6.79. The molecule has 0 aromatic heterocycles. The Kier molecular flexibility index (Phi) is 5.53. The molecule has 3 unspecified atom stereocenters. The van der Waals surface area contributed by atoms with Crippen LogP contribution in [-0.4, -0.2) is 37.1 Å². The van der Waals surface area contributed by atoms with Crippen molar-refractivity contribution in [1.29, 1.82) is 0 Å². The lowest BCUT2D eigenvalue weighted by Crippen LogP contribution is -2.53. The van der Waals surface area contributed by atoms with E-state index in [1.165, 1.54) is 51.6 Å². The maximum atomic E-state index is 3.61. The first kappa shape index (κ1) is 16.3. The third-order valence-electron chi connectivity index (χ3n) is 6.01. The van der Waals surface area contributed by atoms with Crippen LogP contribution < -0.4 is 5.32 Å². The van der Waals surface area contributed by atoms with E-state index in [4.69, 9.17) is 0 Å². The number of nitrogens with zero attached hydrogens (tertiary/aromatic N) is 1. The van der Waals surface area contributed by atoms with E-state index in [9.17, 15) is 0 Å². The highest BCUT2D eigenvalue weighted by Gasteiger charge is 2.36. The minimum atomic E-state index is 0.552. The summed E-state index contributed by atoms with van der Waals surface area (Å²) in [6.45, 7) is 12.3. The van der Waals surface area contributed by atoms with Gasteiger partial charge in [-0.3, -0.25) is 4.90 Å². The largest absolute Gasteiger partial charge is 0.315 e. The molecule has 3 atom stereocenters. The van der Waals surface area contributed by atoms with Gasteiger partial charge in [-0.25, -0.2) is 0 Å². The Morgan fingerprint density at radius 1 is 1.10 bits per heavy atom. The van der Waals surface area contributed by atoms with Gasteiger partial charge in [-0.1, -0.05) is 27.7 Å². The van der Waals surface area contributed by atoms with Crippen molar-refractivity contribution in [2.45, 2.75) is 78.3 Å². The number of rotatable bonds is 3. The van der Waals surface area contributed by atoms with Crippen molar-refractivity contribution in [2.75, 3.05) is 20.1 Å². The van der Waals surface area contributed by atoms with Gasteiger partial charge in [-0.05, 0) is 75.9 Å². The fraction of sp³-hybridized carbons (Fsp3) is 1.00. The number of likely N-dealkylation sites (tertiary alicyclic amines) is 1. The van der Waals surface area contributed by atoms with Crippen LogP contribution >= 0.6 is 0 Å². The van der Waals surface area contributed by atoms with Gasteiger partial charge in [0.25, 0.3) is 0 Å². The predicted molar refractivity (Wildman–Crippen MR) is 88.0 cm³/mol. The number of likely N-dealkylation sites (N-methyl/N-ethyl adjacent to an activating group) is 1. The van der Waals surface area contributed by atoms with Crippen LogP contribution in [-0.2, 0) is 0 Å².